The summed E-state index contributed by atoms with van der Waals surface area (Å²) in [6, 6.07) is 11.7. The van der Waals surface area contributed by atoms with E-state index in [1.807, 2.05) is 44.2 Å². The number of nitrogen functional groups attached to an aromatic ring is 1. The number of rotatable bonds is 6. The highest BCUT2D eigenvalue weighted by atomic mass is 32.2. The SMILES string of the molecule is Cc1occc1-c1nnc(SC(C)C(=O)N(C)Cc2ccccc2)n1N. The number of carbonyl (C=O) groups excluding carboxylic acids is 1. The highest BCUT2D eigenvalue weighted by Gasteiger charge is 2.23. The van der Waals surface area contributed by atoms with Crippen molar-refractivity contribution >= 4 is 17.7 Å². The monoisotopic (exact) mass is 371 g/mol. The van der Waals surface area contributed by atoms with Gasteiger partial charge in [0, 0.05) is 13.6 Å². The molecule has 1 aromatic carbocycles. The van der Waals surface area contributed by atoms with E-state index < -0.39 is 0 Å². The number of nitrogens with zero attached hydrogens (tertiary/aromatic N) is 4. The first kappa shape index (κ1) is 18.1. The average Bonchev–Trinajstić information content (AvgIpc) is 3.21. The molecule has 0 radical (unpaired) electrons. The van der Waals surface area contributed by atoms with E-state index in [4.69, 9.17) is 10.3 Å². The maximum Gasteiger partial charge on any atom is 0.235 e. The van der Waals surface area contributed by atoms with Gasteiger partial charge in [0.15, 0.2) is 5.82 Å². The van der Waals surface area contributed by atoms with Crippen molar-refractivity contribution in [2.75, 3.05) is 12.9 Å². The van der Waals surface area contributed by atoms with Crippen LogP contribution in [-0.4, -0.2) is 38.0 Å². The van der Waals surface area contributed by atoms with Crippen molar-refractivity contribution in [2.45, 2.75) is 30.8 Å². The van der Waals surface area contributed by atoms with Crippen LogP contribution in [0.25, 0.3) is 11.4 Å². The van der Waals surface area contributed by atoms with Gasteiger partial charge in [0.05, 0.1) is 17.1 Å². The summed E-state index contributed by atoms with van der Waals surface area (Å²) in [5, 5.41) is 8.39. The molecule has 8 heteroatoms. The molecule has 3 aromatic rings. The molecule has 1 atom stereocenters. The van der Waals surface area contributed by atoms with Gasteiger partial charge in [0.1, 0.15) is 5.76 Å². The number of aromatic nitrogens is 3. The molecule has 0 aliphatic carbocycles. The standard InChI is InChI=1S/C18H21N5O2S/c1-12-15(9-10-25-12)16-20-21-18(23(16)19)26-13(2)17(24)22(3)11-14-7-5-4-6-8-14/h4-10,13H,11,19H2,1-3H3. The first-order chi connectivity index (χ1) is 12.5. The van der Waals surface area contributed by atoms with Crippen LogP contribution in [0.3, 0.4) is 0 Å². The van der Waals surface area contributed by atoms with Crippen molar-refractivity contribution in [3.63, 3.8) is 0 Å². The van der Waals surface area contributed by atoms with Gasteiger partial charge < -0.3 is 15.2 Å². The first-order valence-electron chi connectivity index (χ1n) is 8.18. The maximum absolute atomic E-state index is 12.6. The highest BCUT2D eigenvalue weighted by molar-refractivity contribution is 8.00. The van der Waals surface area contributed by atoms with Crippen LogP contribution in [0.1, 0.15) is 18.2 Å². The molecule has 2 heterocycles. The van der Waals surface area contributed by atoms with Gasteiger partial charge in [-0.1, -0.05) is 42.1 Å². The molecule has 0 saturated heterocycles. The third-order valence-corrected chi connectivity index (χ3v) is 5.08. The maximum atomic E-state index is 12.6. The van der Waals surface area contributed by atoms with E-state index in [1.54, 1.807) is 24.3 Å². The molecule has 2 aromatic heterocycles. The van der Waals surface area contributed by atoms with Crippen LogP contribution in [0.5, 0.6) is 0 Å². The van der Waals surface area contributed by atoms with E-state index in [-0.39, 0.29) is 11.2 Å². The number of thioether (sulfide) groups is 1. The Hall–Kier alpha value is -2.74. The predicted octanol–water partition coefficient (Wildman–Crippen LogP) is 2.70. The number of furan rings is 1. The molecule has 7 nitrogen and oxygen atoms in total. The Bertz CT molecular complexity index is 890. The van der Waals surface area contributed by atoms with E-state index in [1.165, 1.54) is 16.4 Å². The molecular weight excluding hydrogens is 350 g/mol. The van der Waals surface area contributed by atoms with Crippen LogP contribution in [0, 0.1) is 6.92 Å². The Balaban J connectivity index is 1.68. The van der Waals surface area contributed by atoms with Crippen molar-refractivity contribution in [3.05, 3.63) is 54.0 Å². The minimum absolute atomic E-state index is 0.00268. The minimum atomic E-state index is -0.339. The fourth-order valence-corrected chi connectivity index (χ4v) is 3.50. The van der Waals surface area contributed by atoms with Crippen LogP contribution >= 0.6 is 11.8 Å². The first-order valence-corrected chi connectivity index (χ1v) is 9.06. The fourth-order valence-electron chi connectivity index (χ4n) is 2.61. The van der Waals surface area contributed by atoms with Crippen LogP contribution in [-0.2, 0) is 11.3 Å². The van der Waals surface area contributed by atoms with Crippen molar-refractivity contribution in [3.8, 4) is 11.4 Å². The number of amides is 1. The normalized spacial score (nSPS) is 12.1. The third-order valence-electron chi connectivity index (χ3n) is 4.03. The summed E-state index contributed by atoms with van der Waals surface area (Å²) in [5.41, 5.74) is 1.87. The van der Waals surface area contributed by atoms with Crippen molar-refractivity contribution in [1.82, 2.24) is 19.8 Å². The van der Waals surface area contributed by atoms with Gasteiger partial charge in [-0.05, 0) is 25.5 Å². The molecule has 0 aliphatic heterocycles. The largest absolute Gasteiger partial charge is 0.469 e. The molecule has 0 aliphatic rings. The van der Waals surface area contributed by atoms with Crippen LogP contribution in [0.4, 0.5) is 0 Å². The second kappa shape index (κ2) is 7.65. The number of carbonyl (C=O) groups is 1. The summed E-state index contributed by atoms with van der Waals surface area (Å²) in [4.78, 5) is 14.3. The lowest BCUT2D eigenvalue weighted by Crippen LogP contribution is -2.33. The van der Waals surface area contributed by atoms with Gasteiger partial charge in [0.25, 0.3) is 0 Å². The lowest BCUT2D eigenvalue weighted by atomic mass is 10.2. The summed E-state index contributed by atoms with van der Waals surface area (Å²) in [5.74, 6) is 7.34. The van der Waals surface area contributed by atoms with Gasteiger partial charge in [-0.15, -0.1) is 10.2 Å². The van der Waals surface area contributed by atoms with Gasteiger partial charge >= 0.3 is 0 Å². The Labute approximate surface area is 156 Å². The van der Waals surface area contributed by atoms with Crippen LogP contribution < -0.4 is 5.84 Å². The molecule has 1 amide bonds. The Kier molecular flexibility index (Phi) is 5.32. The van der Waals surface area contributed by atoms with Gasteiger partial charge in [-0.3, -0.25) is 4.79 Å². The van der Waals surface area contributed by atoms with Gasteiger partial charge in [-0.2, -0.15) is 0 Å². The second-order valence-corrected chi connectivity index (χ2v) is 7.31. The molecule has 3 rings (SSSR count). The van der Waals surface area contributed by atoms with Crippen molar-refractivity contribution in [2.24, 2.45) is 0 Å². The number of hydrogen-bond acceptors (Lipinski definition) is 6. The van der Waals surface area contributed by atoms with Gasteiger partial charge in [-0.25, -0.2) is 4.68 Å². The van der Waals surface area contributed by atoms with Crippen LogP contribution in [0.2, 0.25) is 0 Å². The smallest absolute Gasteiger partial charge is 0.235 e. The lowest BCUT2D eigenvalue weighted by molar-refractivity contribution is -0.129. The van der Waals surface area contributed by atoms with Crippen LogP contribution in [0.15, 0.2) is 52.2 Å². The van der Waals surface area contributed by atoms with E-state index in [0.29, 0.717) is 23.3 Å². The number of nitrogens with two attached hydrogens (primary N) is 1. The topological polar surface area (TPSA) is 90.2 Å². The zero-order chi connectivity index (χ0) is 18.7. The minimum Gasteiger partial charge on any atom is -0.469 e. The van der Waals surface area contributed by atoms with E-state index >= 15 is 0 Å². The molecule has 2 N–H and O–H groups in total. The zero-order valence-corrected chi connectivity index (χ0v) is 15.7. The quantitative estimate of drug-likeness (QED) is 0.529. The Morgan fingerprint density at radius 3 is 2.69 bits per heavy atom. The lowest BCUT2D eigenvalue weighted by Gasteiger charge is -2.20. The third kappa shape index (κ3) is 3.75. The van der Waals surface area contributed by atoms with Gasteiger partial charge in [0.2, 0.25) is 11.1 Å². The summed E-state index contributed by atoms with van der Waals surface area (Å²) in [6.45, 7) is 4.23. The van der Waals surface area contributed by atoms with E-state index in [9.17, 15) is 4.79 Å². The average molecular weight is 371 g/mol. The number of aryl methyl sites for hydroxylation is 1. The molecule has 0 saturated carbocycles. The zero-order valence-electron chi connectivity index (χ0n) is 14.9. The highest BCUT2D eigenvalue weighted by Crippen LogP contribution is 2.27. The van der Waals surface area contributed by atoms with Crippen molar-refractivity contribution < 1.29 is 9.21 Å². The molecule has 0 spiro atoms. The number of benzene rings is 1. The summed E-state index contributed by atoms with van der Waals surface area (Å²) >= 11 is 1.28. The molecule has 0 bridgehead atoms. The summed E-state index contributed by atoms with van der Waals surface area (Å²) in [6.07, 6.45) is 1.58. The summed E-state index contributed by atoms with van der Waals surface area (Å²) < 4.78 is 6.68. The second-order valence-electron chi connectivity index (χ2n) is 6.01. The van der Waals surface area contributed by atoms with E-state index in [2.05, 4.69) is 10.2 Å². The molecule has 0 fully saturated rings. The Morgan fingerprint density at radius 1 is 1.31 bits per heavy atom. The fraction of sp³-hybridized carbons (Fsp3) is 0.278. The number of hydrogen-bond donors (Lipinski definition) is 1. The molecule has 26 heavy (non-hydrogen) atoms. The predicted molar refractivity (Wildman–Crippen MR) is 101 cm³/mol. The molecule has 136 valence electrons. The molecular formula is C18H21N5O2S. The van der Waals surface area contributed by atoms with Crippen molar-refractivity contribution in [1.29, 1.82) is 0 Å². The molecule has 1 unspecified atom stereocenters. The van der Waals surface area contributed by atoms with E-state index in [0.717, 1.165) is 11.1 Å². The Morgan fingerprint density at radius 2 is 2.04 bits per heavy atom. The summed E-state index contributed by atoms with van der Waals surface area (Å²) in [7, 11) is 1.79.